The maximum absolute atomic E-state index is 7.05. The summed E-state index contributed by atoms with van der Waals surface area (Å²) in [7, 11) is 0. The fourth-order valence-corrected chi connectivity index (χ4v) is 9.12. The van der Waals surface area contributed by atoms with E-state index in [4.69, 9.17) is 8.83 Å². The Morgan fingerprint density at radius 3 is 1.71 bits per heavy atom. The highest BCUT2D eigenvalue weighted by atomic mass is 16.3. The lowest BCUT2D eigenvalue weighted by molar-refractivity contribution is 0.616. The average molecular weight is 702 g/mol. The van der Waals surface area contributed by atoms with Crippen molar-refractivity contribution in [2.45, 2.75) is 0 Å². The van der Waals surface area contributed by atoms with Crippen LogP contribution in [0.25, 0.3) is 115 Å². The van der Waals surface area contributed by atoms with E-state index in [-0.39, 0.29) is 0 Å². The summed E-state index contributed by atoms with van der Waals surface area (Å²) in [5.74, 6) is 0. The number of benzene rings is 9. The van der Waals surface area contributed by atoms with Gasteiger partial charge in [-0.25, -0.2) is 0 Å². The van der Waals surface area contributed by atoms with Gasteiger partial charge in [-0.3, -0.25) is 0 Å². The van der Waals surface area contributed by atoms with Gasteiger partial charge in [-0.2, -0.15) is 0 Å². The molecule has 0 saturated heterocycles. The van der Waals surface area contributed by atoms with Crippen molar-refractivity contribution in [2.75, 3.05) is 0 Å². The van der Waals surface area contributed by atoms with Gasteiger partial charge in [-0.1, -0.05) is 140 Å². The zero-order valence-electron chi connectivity index (χ0n) is 29.7. The first-order chi connectivity index (χ1) is 27.3. The fraction of sp³-hybridized carbons (Fsp3) is 0. The van der Waals surface area contributed by atoms with Crippen molar-refractivity contribution in [1.82, 2.24) is 4.57 Å². The second-order valence-corrected chi connectivity index (χ2v) is 14.4. The molecule has 0 bridgehead atoms. The molecule has 256 valence electrons. The van der Waals surface area contributed by atoms with Gasteiger partial charge in [0.1, 0.15) is 16.7 Å². The number of nitrogens with zero attached hydrogens (tertiary/aromatic N) is 1. The van der Waals surface area contributed by atoms with Crippen LogP contribution in [0, 0.1) is 0 Å². The molecule has 0 aliphatic rings. The van der Waals surface area contributed by atoms with Gasteiger partial charge in [-0.05, 0) is 80.7 Å². The molecule has 0 fully saturated rings. The molecule has 12 aromatic rings. The smallest absolute Gasteiger partial charge is 0.147 e. The third-order valence-electron chi connectivity index (χ3n) is 11.5. The van der Waals surface area contributed by atoms with E-state index in [1.165, 1.54) is 60.0 Å². The molecular formula is C52H31NO2. The first-order valence-corrected chi connectivity index (χ1v) is 18.8. The van der Waals surface area contributed by atoms with Crippen LogP contribution in [0.1, 0.15) is 0 Å². The van der Waals surface area contributed by atoms with Gasteiger partial charge >= 0.3 is 0 Å². The lowest BCUT2D eigenvalue weighted by Gasteiger charge is -2.18. The third-order valence-corrected chi connectivity index (χ3v) is 11.5. The zero-order chi connectivity index (χ0) is 36.0. The number of aromatic nitrogens is 1. The summed E-state index contributed by atoms with van der Waals surface area (Å²) >= 11 is 0. The Morgan fingerprint density at radius 2 is 0.964 bits per heavy atom. The molecule has 0 N–H and O–H groups in total. The van der Waals surface area contributed by atoms with Gasteiger partial charge in [0.05, 0.1) is 22.7 Å². The first kappa shape index (κ1) is 30.1. The van der Waals surface area contributed by atoms with Crippen LogP contribution in [0.4, 0.5) is 0 Å². The Balaban J connectivity index is 1.14. The van der Waals surface area contributed by atoms with Gasteiger partial charge in [-0.15, -0.1) is 0 Å². The van der Waals surface area contributed by atoms with E-state index in [2.05, 4.69) is 180 Å². The third kappa shape index (κ3) is 4.32. The highest BCUT2D eigenvalue weighted by molar-refractivity contribution is 6.26. The topological polar surface area (TPSA) is 31.2 Å². The summed E-state index contributed by atoms with van der Waals surface area (Å²) in [6.07, 6.45) is 1.85. The molecule has 0 atom stereocenters. The summed E-state index contributed by atoms with van der Waals surface area (Å²) in [6.45, 7) is 0. The average Bonchev–Trinajstić information content (AvgIpc) is 3.95. The summed E-state index contributed by atoms with van der Waals surface area (Å²) in [5.41, 5.74) is 12.9. The van der Waals surface area contributed by atoms with Gasteiger partial charge in [0.25, 0.3) is 0 Å². The molecule has 0 spiro atoms. The summed E-state index contributed by atoms with van der Waals surface area (Å²) < 4.78 is 15.5. The molecule has 3 aromatic heterocycles. The summed E-state index contributed by atoms with van der Waals surface area (Å²) in [6, 6.07) is 65.3. The van der Waals surface area contributed by atoms with Gasteiger partial charge in [0.15, 0.2) is 0 Å². The molecule has 9 aromatic carbocycles. The Hall–Kier alpha value is -7.36. The normalized spacial score (nSPS) is 12.0. The minimum Gasteiger partial charge on any atom is -0.464 e. The first-order valence-electron chi connectivity index (χ1n) is 18.8. The van der Waals surface area contributed by atoms with Crippen molar-refractivity contribution in [3.05, 3.63) is 188 Å². The van der Waals surface area contributed by atoms with Crippen molar-refractivity contribution >= 4 is 76.3 Å². The lowest BCUT2D eigenvalue weighted by atomic mass is 9.85. The van der Waals surface area contributed by atoms with Crippen LogP contribution >= 0.6 is 0 Å². The van der Waals surface area contributed by atoms with E-state index in [0.29, 0.717) is 0 Å². The van der Waals surface area contributed by atoms with E-state index in [1.807, 2.05) is 12.3 Å². The zero-order valence-corrected chi connectivity index (χ0v) is 29.7. The SMILES string of the molecule is c1ccc(-c2coc3ccc4c5cccc(-c6c7ccccc7c(-c7ccc8c(c7)c7ccccc7n8-c7ccccc7)c7ccccc67)c5oc4c23)cc1. The maximum Gasteiger partial charge on any atom is 0.147 e. The van der Waals surface area contributed by atoms with Gasteiger partial charge in [0, 0.05) is 43.9 Å². The second kappa shape index (κ2) is 11.6. The Bertz CT molecular complexity index is 3420. The molecule has 0 aliphatic heterocycles. The quantitative estimate of drug-likeness (QED) is 0.171. The van der Waals surface area contributed by atoms with Crippen LogP contribution in [-0.2, 0) is 0 Å². The molecule has 12 rings (SSSR count). The van der Waals surface area contributed by atoms with E-state index >= 15 is 0 Å². The van der Waals surface area contributed by atoms with Crippen molar-refractivity contribution in [1.29, 1.82) is 0 Å². The number of para-hydroxylation sites is 3. The summed E-state index contributed by atoms with van der Waals surface area (Å²) in [5, 5.41) is 10.4. The predicted molar refractivity (Wildman–Crippen MR) is 229 cm³/mol. The maximum atomic E-state index is 7.05. The number of hydrogen-bond acceptors (Lipinski definition) is 2. The molecular weight excluding hydrogens is 671 g/mol. The van der Waals surface area contributed by atoms with E-state index < -0.39 is 0 Å². The molecule has 0 aliphatic carbocycles. The Morgan fingerprint density at radius 1 is 0.364 bits per heavy atom. The van der Waals surface area contributed by atoms with Crippen molar-refractivity contribution in [3.63, 3.8) is 0 Å². The van der Waals surface area contributed by atoms with Crippen LogP contribution in [0.15, 0.2) is 197 Å². The molecule has 3 nitrogen and oxygen atoms in total. The molecule has 0 unspecified atom stereocenters. The molecule has 3 heterocycles. The van der Waals surface area contributed by atoms with Crippen LogP contribution in [0.2, 0.25) is 0 Å². The molecule has 0 radical (unpaired) electrons. The van der Waals surface area contributed by atoms with E-state index in [9.17, 15) is 0 Å². The van der Waals surface area contributed by atoms with Crippen molar-refractivity contribution < 1.29 is 8.83 Å². The van der Waals surface area contributed by atoms with Gasteiger partial charge in [0.2, 0.25) is 0 Å². The standard InChI is InChI=1S/C52H31NO2/c1-3-14-32(15-4-1)44-31-54-47-29-27-41-40-23-13-24-42(51(40)55-52(41)50(44)47)49-38-21-9-7-19-36(38)48(37-20-8-10-22-39(37)49)33-26-28-46-43(30-33)35-18-11-12-25-45(35)53(46)34-16-5-2-6-17-34/h1-31H. The Labute approximate surface area is 315 Å². The second-order valence-electron chi connectivity index (χ2n) is 14.4. The molecule has 55 heavy (non-hydrogen) atoms. The van der Waals surface area contributed by atoms with Crippen LogP contribution in [0.3, 0.4) is 0 Å². The Kier molecular flexibility index (Phi) is 6.34. The summed E-state index contributed by atoms with van der Waals surface area (Å²) in [4.78, 5) is 0. The van der Waals surface area contributed by atoms with Crippen LogP contribution < -0.4 is 0 Å². The molecule has 0 saturated carbocycles. The van der Waals surface area contributed by atoms with Crippen molar-refractivity contribution in [3.8, 4) is 39.1 Å². The highest BCUT2D eigenvalue weighted by Crippen LogP contribution is 2.48. The minimum atomic E-state index is 0.816. The molecule has 3 heteroatoms. The lowest BCUT2D eigenvalue weighted by Crippen LogP contribution is -1.93. The van der Waals surface area contributed by atoms with E-state index in [1.54, 1.807) is 0 Å². The van der Waals surface area contributed by atoms with Crippen LogP contribution in [-0.4, -0.2) is 4.57 Å². The number of hydrogen-bond donors (Lipinski definition) is 0. The molecule has 0 amide bonds. The van der Waals surface area contributed by atoms with Crippen molar-refractivity contribution in [2.24, 2.45) is 0 Å². The monoisotopic (exact) mass is 701 g/mol. The van der Waals surface area contributed by atoms with E-state index in [0.717, 1.165) is 55.3 Å². The number of fused-ring (bicyclic) bond motifs is 10. The number of furan rings is 2. The highest BCUT2D eigenvalue weighted by Gasteiger charge is 2.23. The number of rotatable bonds is 4. The van der Waals surface area contributed by atoms with Gasteiger partial charge < -0.3 is 13.4 Å². The minimum absolute atomic E-state index is 0.816. The predicted octanol–water partition coefficient (Wildman–Crippen LogP) is 14.7. The fourth-order valence-electron chi connectivity index (χ4n) is 9.12. The van der Waals surface area contributed by atoms with Crippen LogP contribution in [0.5, 0.6) is 0 Å². The largest absolute Gasteiger partial charge is 0.464 e.